The van der Waals surface area contributed by atoms with Crippen molar-refractivity contribution in [2.75, 3.05) is 6.61 Å². The molecule has 126 valence electrons. The molecule has 1 aromatic rings. The van der Waals surface area contributed by atoms with Crippen LogP contribution in [0.4, 0.5) is 0 Å². The van der Waals surface area contributed by atoms with Gasteiger partial charge >= 0.3 is 11.6 Å². The maximum atomic E-state index is 12.6. The Morgan fingerprint density at radius 1 is 1.30 bits per heavy atom. The first kappa shape index (κ1) is 17.5. The van der Waals surface area contributed by atoms with Gasteiger partial charge in [0.2, 0.25) is 0 Å². The average Bonchev–Trinajstić information content (AvgIpc) is 2.49. The minimum atomic E-state index is -0.459. The minimum absolute atomic E-state index is 0.291. The molecule has 0 unspecified atom stereocenters. The number of carbonyl (C=O) groups is 1. The zero-order valence-corrected chi connectivity index (χ0v) is 14.7. The fourth-order valence-electron chi connectivity index (χ4n) is 3.02. The van der Waals surface area contributed by atoms with Crippen LogP contribution in [0.25, 0.3) is 5.57 Å². The first-order chi connectivity index (χ1) is 10.8. The van der Waals surface area contributed by atoms with Crippen LogP contribution in [0.15, 0.2) is 15.3 Å². The molecule has 1 aromatic heterocycles. The van der Waals surface area contributed by atoms with E-state index < -0.39 is 11.4 Å². The Morgan fingerprint density at radius 3 is 2.52 bits per heavy atom. The van der Waals surface area contributed by atoms with Crippen molar-refractivity contribution in [3.8, 4) is 0 Å². The van der Waals surface area contributed by atoms with Gasteiger partial charge in [0.05, 0.1) is 6.61 Å². The molecular formula is C19H26O4. The van der Waals surface area contributed by atoms with Crippen molar-refractivity contribution in [3.63, 3.8) is 0 Å². The highest BCUT2D eigenvalue weighted by molar-refractivity contribution is 5.97. The van der Waals surface area contributed by atoms with Gasteiger partial charge in [0.15, 0.2) is 0 Å². The summed E-state index contributed by atoms with van der Waals surface area (Å²) in [7, 11) is 0. The van der Waals surface area contributed by atoms with Crippen molar-refractivity contribution in [3.05, 3.63) is 38.9 Å². The summed E-state index contributed by atoms with van der Waals surface area (Å²) in [5.74, 6) is -0.00114. The van der Waals surface area contributed by atoms with Crippen molar-refractivity contribution < 1.29 is 13.9 Å². The average molecular weight is 318 g/mol. The summed E-state index contributed by atoms with van der Waals surface area (Å²) in [5.41, 5.74) is 1.88. The van der Waals surface area contributed by atoms with Crippen LogP contribution in [-0.2, 0) is 10.2 Å². The second kappa shape index (κ2) is 6.73. The second-order valence-corrected chi connectivity index (χ2v) is 7.04. The van der Waals surface area contributed by atoms with Crippen LogP contribution in [-0.4, -0.2) is 12.6 Å². The highest BCUT2D eigenvalue weighted by Crippen LogP contribution is 2.35. The van der Waals surface area contributed by atoms with E-state index in [9.17, 15) is 9.59 Å². The van der Waals surface area contributed by atoms with Crippen LogP contribution in [0.1, 0.15) is 80.6 Å². The Labute approximate surface area is 137 Å². The first-order valence-corrected chi connectivity index (χ1v) is 8.32. The van der Waals surface area contributed by atoms with Crippen molar-refractivity contribution >= 4 is 11.5 Å². The van der Waals surface area contributed by atoms with Crippen molar-refractivity contribution in [1.29, 1.82) is 0 Å². The molecule has 0 saturated carbocycles. The molecule has 4 heteroatoms. The molecule has 0 saturated heterocycles. The van der Waals surface area contributed by atoms with E-state index in [4.69, 9.17) is 9.15 Å². The van der Waals surface area contributed by atoms with Crippen LogP contribution in [0.5, 0.6) is 0 Å². The van der Waals surface area contributed by atoms with Crippen LogP contribution < -0.4 is 5.63 Å². The van der Waals surface area contributed by atoms with Gasteiger partial charge in [-0.2, -0.15) is 0 Å². The maximum Gasteiger partial charge on any atom is 0.342 e. The molecule has 0 N–H and O–H groups in total. The molecule has 23 heavy (non-hydrogen) atoms. The van der Waals surface area contributed by atoms with Crippen molar-refractivity contribution in [2.45, 2.75) is 65.7 Å². The van der Waals surface area contributed by atoms with Crippen LogP contribution in [0, 0.1) is 6.92 Å². The molecule has 0 spiro atoms. The smallest absolute Gasteiger partial charge is 0.342 e. The molecule has 4 nitrogen and oxygen atoms in total. The fourth-order valence-corrected chi connectivity index (χ4v) is 3.02. The molecule has 2 rings (SSSR count). The van der Waals surface area contributed by atoms with Crippen LogP contribution in [0.2, 0.25) is 0 Å². The SMILES string of the molecule is CCOC(=O)c1c(C(C)(C)C)oc(=O)c(C)c1C1=CCCCC1. The van der Waals surface area contributed by atoms with Crippen LogP contribution >= 0.6 is 0 Å². The van der Waals surface area contributed by atoms with Gasteiger partial charge in [0, 0.05) is 16.5 Å². The highest BCUT2D eigenvalue weighted by Gasteiger charge is 2.32. The van der Waals surface area contributed by atoms with Gasteiger partial charge < -0.3 is 9.15 Å². The normalized spacial score (nSPS) is 15.3. The third-order valence-corrected chi connectivity index (χ3v) is 4.13. The lowest BCUT2D eigenvalue weighted by atomic mass is 9.83. The summed E-state index contributed by atoms with van der Waals surface area (Å²) in [4.78, 5) is 25.0. The van der Waals surface area contributed by atoms with Crippen LogP contribution in [0.3, 0.4) is 0 Å². The molecule has 0 atom stereocenters. The Morgan fingerprint density at radius 2 is 2.00 bits per heavy atom. The van der Waals surface area contributed by atoms with Gasteiger partial charge in [-0.15, -0.1) is 0 Å². The Hall–Kier alpha value is -1.84. The fraction of sp³-hybridized carbons (Fsp3) is 0.579. The molecule has 0 radical (unpaired) electrons. The second-order valence-electron chi connectivity index (χ2n) is 7.04. The molecule has 0 bridgehead atoms. The minimum Gasteiger partial charge on any atom is -0.462 e. The summed E-state index contributed by atoms with van der Waals surface area (Å²) in [6.45, 7) is 9.60. The summed E-state index contributed by atoms with van der Waals surface area (Å²) in [6, 6.07) is 0. The molecule has 0 aliphatic heterocycles. The van der Waals surface area contributed by atoms with E-state index in [1.54, 1.807) is 13.8 Å². The lowest BCUT2D eigenvalue weighted by molar-refractivity contribution is 0.0517. The zero-order valence-electron chi connectivity index (χ0n) is 14.7. The summed E-state index contributed by atoms with van der Waals surface area (Å²) < 4.78 is 10.8. The monoisotopic (exact) mass is 318 g/mol. The molecule has 1 aliphatic rings. The summed E-state index contributed by atoms with van der Waals surface area (Å²) in [5, 5.41) is 0. The van der Waals surface area contributed by atoms with E-state index in [0.29, 0.717) is 23.5 Å². The Bertz CT molecular complexity index is 687. The number of hydrogen-bond donors (Lipinski definition) is 0. The summed E-state index contributed by atoms with van der Waals surface area (Å²) >= 11 is 0. The number of esters is 1. The number of ether oxygens (including phenoxy) is 1. The lowest BCUT2D eigenvalue weighted by Gasteiger charge is -2.24. The van der Waals surface area contributed by atoms with Gasteiger partial charge in [-0.3, -0.25) is 0 Å². The standard InChI is InChI=1S/C19H26O4/c1-6-22-18(21)15-14(13-10-8-7-9-11-13)12(2)17(20)23-16(15)19(3,4)5/h10H,6-9,11H2,1-5H3. The molecule has 0 fully saturated rings. The van der Waals surface area contributed by atoms with Gasteiger partial charge in [0.1, 0.15) is 11.3 Å². The van der Waals surface area contributed by atoms with E-state index in [2.05, 4.69) is 6.08 Å². The molecule has 0 amide bonds. The highest BCUT2D eigenvalue weighted by atomic mass is 16.5. The number of carbonyl (C=O) groups excluding carboxylic acids is 1. The van der Waals surface area contributed by atoms with Gasteiger partial charge in [-0.05, 0) is 45.1 Å². The lowest BCUT2D eigenvalue weighted by Crippen LogP contribution is -2.25. The Balaban J connectivity index is 2.81. The van der Waals surface area contributed by atoms with Gasteiger partial charge in [0.25, 0.3) is 0 Å². The largest absolute Gasteiger partial charge is 0.462 e. The third-order valence-electron chi connectivity index (χ3n) is 4.13. The molecule has 1 aliphatic carbocycles. The molecular weight excluding hydrogens is 292 g/mol. The Kier molecular flexibility index (Phi) is 5.12. The van der Waals surface area contributed by atoms with E-state index in [1.165, 1.54) is 0 Å². The van der Waals surface area contributed by atoms with Crippen molar-refractivity contribution in [1.82, 2.24) is 0 Å². The molecule has 0 aromatic carbocycles. The predicted molar refractivity (Wildman–Crippen MR) is 90.8 cm³/mol. The van der Waals surface area contributed by atoms with Crippen molar-refractivity contribution in [2.24, 2.45) is 0 Å². The van der Waals surface area contributed by atoms with E-state index in [1.807, 2.05) is 20.8 Å². The molecule has 1 heterocycles. The number of allylic oxidation sites excluding steroid dienone is 2. The first-order valence-electron chi connectivity index (χ1n) is 8.32. The number of rotatable bonds is 3. The third kappa shape index (κ3) is 3.57. The summed E-state index contributed by atoms with van der Waals surface area (Å²) in [6.07, 6.45) is 6.20. The maximum absolute atomic E-state index is 12.6. The number of hydrogen-bond acceptors (Lipinski definition) is 4. The zero-order chi connectivity index (χ0) is 17.2. The predicted octanol–water partition coefficient (Wildman–Crippen LogP) is 4.38. The topological polar surface area (TPSA) is 56.5 Å². The van der Waals surface area contributed by atoms with E-state index in [0.717, 1.165) is 36.8 Å². The van der Waals surface area contributed by atoms with Gasteiger partial charge in [-0.25, -0.2) is 9.59 Å². The van der Waals surface area contributed by atoms with Gasteiger partial charge in [-0.1, -0.05) is 26.8 Å². The van der Waals surface area contributed by atoms with E-state index in [-0.39, 0.29) is 5.63 Å². The quantitative estimate of drug-likeness (QED) is 0.776. The van der Waals surface area contributed by atoms with E-state index >= 15 is 0 Å².